The van der Waals surface area contributed by atoms with Gasteiger partial charge in [0, 0.05) is 12.7 Å². The number of Topliss-reactive ketones (excluding diaryl/α,β-unsaturated/α-hetero) is 1. The third kappa shape index (κ3) is 19.3. The fraction of sp³-hybridized carbons (Fsp3) is 0.154. The normalized spacial score (nSPS) is 12.5. The Hall–Kier alpha value is -15.5. The summed E-state index contributed by atoms with van der Waals surface area (Å²) in [6, 6.07) is 88.5. The first-order valence-electron chi connectivity index (χ1n) is 41.7. The summed E-state index contributed by atoms with van der Waals surface area (Å²) in [5.74, 6) is -4.42. The van der Waals surface area contributed by atoms with E-state index < -0.39 is 120 Å². The van der Waals surface area contributed by atoms with Gasteiger partial charge < -0.3 is 56.8 Å². The molecule has 26 nitrogen and oxygen atoms in total. The van der Waals surface area contributed by atoms with Crippen molar-refractivity contribution in [3.63, 3.8) is 0 Å². The molecule has 0 unspecified atom stereocenters. The van der Waals surface area contributed by atoms with Gasteiger partial charge in [0.15, 0.2) is 5.78 Å². The lowest BCUT2D eigenvalue weighted by Gasteiger charge is -2.34. The molecule has 0 amide bonds. The van der Waals surface area contributed by atoms with Crippen LogP contribution in [0.1, 0.15) is 134 Å². The summed E-state index contributed by atoms with van der Waals surface area (Å²) in [6.07, 6.45) is 0. The zero-order valence-electron chi connectivity index (χ0n) is 70.9. The fourth-order valence-electron chi connectivity index (χ4n) is 16.6. The Balaban J connectivity index is 0.491. The van der Waals surface area contributed by atoms with Gasteiger partial charge in [-0.1, -0.05) is 176 Å². The molecule has 14 aromatic rings. The molecular weight excluding hydrogens is 1730 g/mol. The van der Waals surface area contributed by atoms with E-state index >= 15 is 0 Å². The van der Waals surface area contributed by atoms with E-state index in [1.54, 1.807) is 67.8 Å². The first kappa shape index (κ1) is 89.9. The highest BCUT2D eigenvalue weighted by molar-refractivity contribution is 7.86. The number of esters is 7. The van der Waals surface area contributed by atoms with Gasteiger partial charge in [0.1, 0.15) is 95.7 Å². The molecule has 0 fully saturated rings. The molecule has 2 N–H and O–H groups in total. The maximum atomic E-state index is 13.6. The molecule has 0 heterocycles. The van der Waals surface area contributed by atoms with Crippen LogP contribution in [0.2, 0.25) is 0 Å². The summed E-state index contributed by atoms with van der Waals surface area (Å²) in [5, 5.41) is 2.56. The SMILES string of the molecule is COCCOc1ccc(C2(c3ccc(OCCOC(=O)c4cc(C(=O)OCCOc5ccc(C6(c7ccc(OCCOC(=O)c8ccc9cc(C(=O)OCCOC(=O)c%10cc(C(=O)OCCOC(=O)c%11ccc%12cc(C(C)=O)ccc%12c%11)cc(S(=O)(=O)O)c%10)ccc9c8)cc7)c7ccccc7-c7ccccc76)cc5)cc(S(=O)(=O)O)c4)cc3)c3ccccc3-c3ccccc32)cc1. The summed E-state index contributed by atoms with van der Waals surface area (Å²) in [5.41, 5.74) is 10.3. The largest absolute Gasteiger partial charge is 0.491 e. The molecule has 0 aliphatic heterocycles. The van der Waals surface area contributed by atoms with Crippen LogP contribution in [0.4, 0.5) is 0 Å². The maximum absolute atomic E-state index is 13.6. The minimum absolute atomic E-state index is 0.000565. The van der Waals surface area contributed by atoms with E-state index in [2.05, 4.69) is 60.7 Å². The van der Waals surface area contributed by atoms with E-state index in [1.807, 2.05) is 121 Å². The van der Waals surface area contributed by atoms with E-state index in [0.717, 1.165) is 109 Å². The van der Waals surface area contributed by atoms with E-state index in [1.165, 1.54) is 31.2 Å². The van der Waals surface area contributed by atoms with Gasteiger partial charge in [-0.2, -0.15) is 16.8 Å². The summed E-state index contributed by atoms with van der Waals surface area (Å²) >= 11 is 0. The molecule has 2 aliphatic rings. The molecule has 16 rings (SSSR count). The van der Waals surface area contributed by atoms with Crippen LogP contribution in [0.25, 0.3) is 43.8 Å². The standard InChI is InChI=1S/C104H82O26S2/c1-65(105)66-19-20-68-56-71(24-21-67(68)55-66)97(107)125-51-53-129-101(111)76-60-77(64-87(63-76)132(116,117)118)102(112)130-54-52-126-98(108)73-26-23-69-57-72(25-22-70(69)58-73)96(106)124-48-45-121-83-37-29-80(30-38-83)104(94-17-9-5-13-90(94)91-14-6-10-18-95(91)104)81-33-41-85(42-34-81)123-47-50-128-100(110)75-59-74(61-86(62-75)131(113,114)115)99(109)127-49-46-122-84-39-31-79(32-40-84)103(78-27-35-82(36-28-78)120-44-43-119-2)92-15-7-3-11-88(92)89-12-4-8-16-93(89)103/h3-42,55-64H,43-54H2,1-2H3,(H,113,114,115)(H,116,117,118). The monoisotopic (exact) mass is 1810 g/mol. The van der Waals surface area contributed by atoms with E-state index in [9.17, 15) is 64.3 Å². The Kier molecular flexibility index (Phi) is 26.7. The first-order chi connectivity index (χ1) is 63.8. The van der Waals surface area contributed by atoms with Crippen LogP contribution in [0, 0.1) is 0 Å². The summed E-state index contributed by atoms with van der Waals surface area (Å²) in [4.78, 5) is 103. The highest BCUT2D eigenvalue weighted by Crippen LogP contribution is 2.58. The summed E-state index contributed by atoms with van der Waals surface area (Å²) in [7, 11) is -8.29. The third-order valence-electron chi connectivity index (χ3n) is 22.6. The number of carbonyl (C=O) groups is 8. The Morgan fingerprint density at radius 3 is 0.712 bits per heavy atom. The van der Waals surface area contributed by atoms with Crippen LogP contribution in [-0.2, 0) is 69.0 Å². The second kappa shape index (κ2) is 39.2. The van der Waals surface area contributed by atoms with Gasteiger partial charge in [0.2, 0.25) is 0 Å². The van der Waals surface area contributed by atoms with Gasteiger partial charge in [0.05, 0.1) is 66.2 Å². The number of rotatable bonds is 36. The number of hydrogen-bond acceptors (Lipinski definition) is 24. The average Bonchev–Trinajstić information content (AvgIpc) is 1.54. The molecule has 14 aromatic carbocycles. The number of ether oxygens (including phenoxy) is 12. The molecular formula is C104H82O26S2. The van der Waals surface area contributed by atoms with Gasteiger partial charge in [0.25, 0.3) is 20.2 Å². The van der Waals surface area contributed by atoms with Crippen molar-refractivity contribution in [3.8, 4) is 45.3 Å². The van der Waals surface area contributed by atoms with Crippen LogP contribution < -0.4 is 18.9 Å². The Morgan fingerprint density at radius 1 is 0.250 bits per heavy atom. The fourth-order valence-corrected chi connectivity index (χ4v) is 17.7. The van der Waals surface area contributed by atoms with Crippen LogP contribution in [0.15, 0.2) is 313 Å². The average molecular weight is 1810 g/mol. The lowest BCUT2D eigenvalue weighted by Crippen LogP contribution is -2.28. The Morgan fingerprint density at radius 2 is 0.470 bits per heavy atom. The Bertz CT molecular complexity index is 6960. The molecule has 2 aliphatic carbocycles. The van der Waals surface area contributed by atoms with Gasteiger partial charge in [-0.3, -0.25) is 13.9 Å². The van der Waals surface area contributed by atoms with Crippen molar-refractivity contribution in [2.24, 2.45) is 0 Å². The molecule has 0 bridgehead atoms. The van der Waals surface area contributed by atoms with Crippen molar-refractivity contribution in [1.82, 2.24) is 0 Å². The van der Waals surface area contributed by atoms with Crippen molar-refractivity contribution < 1.29 is 121 Å². The first-order valence-corrected chi connectivity index (χ1v) is 44.6. The Labute approximate surface area is 757 Å². The van der Waals surface area contributed by atoms with E-state index in [-0.39, 0.29) is 73.2 Å². The lowest BCUT2D eigenvalue weighted by atomic mass is 9.68. The molecule has 0 atom stereocenters. The number of hydrogen-bond donors (Lipinski definition) is 2. The molecule has 28 heteroatoms. The second-order valence-corrected chi connectivity index (χ2v) is 33.5. The van der Waals surface area contributed by atoms with Crippen LogP contribution in [0.5, 0.6) is 23.0 Å². The number of fused-ring (bicyclic) bond motifs is 8. The smallest absolute Gasteiger partial charge is 0.338 e. The van der Waals surface area contributed by atoms with Crippen molar-refractivity contribution >= 4 is 89.3 Å². The summed E-state index contributed by atoms with van der Waals surface area (Å²) in [6.45, 7) is -0.463. The molecule has 0 saturated carbocycles. The lowest BCUT2D eigenvalue weighted by molar-refractivity contribution is 0.0259. The van der Waals surface area contributed by atoms with Crippen molar-refractivity contribution in [1.29, 1.82) is 0 Å². The molecule has 132 heavy (non-hydrogen) atoms. The van der Waals surface area contributed by atoms with E-state index in [4.69, 9.17) is 56.8 Å². The number of ketones is 1. The highest BCUT2D eigenvalue weighted by Gasteiger charge is 2.48. The molecule has 666 valence electrons. The maximum Gasteiger partial charge on any atom is 0.338 e. The van der Waals surface area contributed by atoms with Gasteiger partial charge in [-0.15, -0.1) is 0 Å². The van der Waals surface area contributed by atoms with Crippen molar-refractivity contribution in [2.75, 3.05) is 86.4 Å². The van der Waals surface area contributed by atoms with E-state index in [0.29, 0.717) is 57.9 Å². The molecule has 0 saturated heterocycles. The highest BCUT2D eigenvalue weighted by atomic mass is 32.2. The number of carbonyl (C=O) groups excluding carboxylic acids is 8. The predicted octanol–water partition coefficient (Wildman–Crippen LogP) is 17.2. The quantitative estimate of drug-likeness (QED) is 0.0121. The van der Waals surface area contributed by atoms with Gasteiger partial charge >= 0.3 is 41.8 Å². The van der Waals surface area contributed by atoms with Crippen LogP contribution in [-0.4, -0.2) is 160 Å². The third-order valence-corrected chi connectivity index (χ3v) is 24.3. The topological polar surface area (TPSA) is 356 Å². The number of benzene rings is 14. The second-order valence-electron chi connectivity index (χ2n) is 30.7. The van der Waals surface area contributed by atoms with Crippen LogP contribution >= 0.6 is 0 Å². The zero-order valence-corrected chi connectivity index (χ0v) is 72.5. The van der Waals surface area contributed by atoms with Crippen molar-refractivity contribution in [2.45, 2.75) is 27.5 Å². The molecule has 0 aromatic heterocycles. The van der Waals surface area contributed by atoms with Crippen molar-refractivity contribution in [3.05, 3.63) is 392 Å². The van der Waals surface area contributed by atoms with Gasteiger partial charge in [-0.05, 0) is 223 Å². The minimum atomic E-state index is -4.97. The van der Waals surface area contributed by atoms with Crippen LogP contribution in [0.3, 0.4) is 0 Å². The van der Waals surface area contributed by atoms with Gasteiger partial charge in [-0.25, -0.2) is 33.6 Å². The number of methoxy groups -OCH3 is 1. The predicted molar refractivity (Wildman–Crippen MR) is 484 cm³/mol. The zero-order chi connectivity index (χ0) is 92.3. The molecule has 0 spiro atoms. The minimum Gasteiger partial charge on any atom is -0.491 e. The molecule has 0 radical (unpaired) electrons. The summed E-state index contributed by atoms with van der Waals surface area (Å²) < 4.78 is 136.